The number of hydrogen-bond donors (Lipinski definition) is 4. The summed E-state index contributed by atoms with van der Waals surface area (Å²) in [6.07, 6.45) is 5.54. The third kappa shape index (κ3) is 3.22. The Kier molecular flexibility index (Phi) is 3.38. The number of rotatable bonds is 4. The molecule has 2 aromatic rings. The van der Waals surface area contributed by atoms with Crippen LogP contribution in [0.25, 0.3) is 0 Å². The van der Waals surface area contributed by atoms with Crippen LogP contribution in [-0.2, 0) is 10.2 Å². The van der Waals surface area contributed by atoms with Gasteiger partial charge in [0, 0.05) is 12.4 Å². The topological polar surface area (TPSA) is 136 Å². The van der Waals surface area contributed by atoms with Crippen LogP contribution in [0.15, 0.2) is 36.9 Å². The van der Waals surface area contributed by atoms with Crippen molar-refractivity contribution in [2.24, 2.45) is 0 Å². The number of nitrogens with one attached hydrogen (secondary N) is 2. The summed E-state index contributed by atoms with van der Waals surface area (Å²) in [5, 5.41) is 0. The lowest BCUT2D eigenvalue weighted by Crippen LogP contribution is -2.23. The molecular formula is C10H12N6O2S. The number of nitrogens with two attached hydrogens (primary N) is 2. The van der Waals surface area contributed by atoms with Crippen LogP contribution in [0, 0.1) is 0 Å². The first-order chi connectivity index (χ1) is 8.98. The summed E-state index contributed by atoms with van der Waals surface area (Å²) in [6, 6.07) is 2.93. The molecule has 0 radical (unpaired) electrons. The summed E-state index contributed by atoms with van der Waals surface area (Å²) < 4.78 is 28.3. The molecule has 9 heteroatoms. The van der Waals surface area contributed by atoms with Gasteiger partial charge in [0.2, 0.25) is 0 Å². The summed E-state index contributed by atoms with van der Waals surface area (Å²) in [5.41, 5.74) is 12.1. The van der Waals surface area contributed by atoms with Crippen molar-refractivity contribution in [3.63, 3.8) is 0 Å². The fraction of sp³-hybridized carbons (Fsp3) is 0. The lowest BCUT2D eigenvalue weighted by atomic mass is 10.4. The standard InChI is InChI=1S/C10H12N6O2S/c11-7-1-3-14-6-10(7)16-19(17,18)15-9-2-4-13-5-8(9)12/h1-6,16H,12H2,(H2,11,14)(H,13,15). The molecule has 6 N–H and O–H groups in total. The summed E-state index contributed by atoms with van der Waals surface area (Å²) >= 11 is 0. The van der Waals surface area contributed by atoms with E-state index >= 15 is 0 Å². The smallest absolute Gasteiger partial charge is 0.321 e. The van der Waals surface area contributed by atoms with Crippen molar-refractivity contribution >= 4 is 33.0 Å². The summed E-state index contributed by atoms with van der Waals surface area (Å²) in [6.45, 7) is 0. The number of aromatic nitrogens is 2. The van der Waals surface area contributed by atoms with E-state index in [-0.39, 0.29) is 22.7 Å². The van der Waals surface area contributed by atoms with Crippen LogP contribution in [0.1, 0.15) is 0 Å². The van der Waals surface area contributed by atoms with Gasteiger partial charge in [-0.3, -0.25) is 19.4 Å². The van der Waals surface area contributed by atoms with Crippen molar-refractivity contribution in [3.05, 3.63) is 36.9 Å². The second-order valence-corrected chi connectivity index (χ2v) is 5.05. The van der Waals surface area contributed by atoms with Crippen LogP contribution >= 0.6 is 0 Å². The maximum atomic E-state index is 11.9. The maximum Gasteiger partial charge on any atom is 0.321 e. The lowest BCUT2D eigenvalue weighted by molar-refractivity contribution is 0.606. The zero-order valence-electron chi connectivity index (χ0n) is 9.74. The molecule has 0 unspecified atom stereocenters. The molecule has 0 aliphatic carbocycles. The first-order valence-electron chi connectivity index (χ1n) is 5.17. The van der Waals surface area contributed by atoms with Crippen molar-refractivity contribution in [1.82, 2.24) is 9.97 Å². The lowest BCUT2D eigenvalue weighted by Gasteiger charge is -2.12. The van der Waals surface area contributed by atoms with Crippen LogP contribution in [0.3, 0.4) is 0 Å². The minimum atomic E-state index is -3.86. The molecule has 2 aromatic heterocycles. The summed E-state index contributed by atoms with van der Waals surface area (Å²) in [4.78, 5) is 7.55. The SMILES string of the molecule is Nc1cnccc1NS(=O)(=O)Nc1cnccc1N. The molecule has 0 aliphatic heterocycles. The van der Waals surface area contributed by atoms with E-state index in [0.717, 1.165) is 0 Å². The predicted molar refractivity (Wildman–Crippen MR) is 73.5 cm³/mol. The van der Waals surface area contributed by atoms with Crippen LogP contribution in [-0.4, -0.2) is 18.4 Å². The van der Waals surface area contributed by atoms with E-state index in [1.807, 2.05) is 0 Å². The molecule has 100 valence electrons. The van der Waals surface area contributed by atoms with Crippen LogP contribution in [0.5, 0.6) is 0 Å². The Hall–Kier alpha value is -2.55. The Balaban J connectivity index is 2.21. The molecule has 2 heterocycles. The largest absolute Gasteiger partial charge is 0.397 e. The molecule has 2 rings (SSSR count). The highest BCUT2D eigenvalue weighted by atomic mass is 32.2. The minimum Gasteiger partial charge on any atom is -0.397 e. The average molecular weight is 280 g/mol. The van der Waals surface area contributed by atoms with Gasteiger partial charge in [-0.05, 0) is 12.1 Å². The fourth-order valence-corrected chi connectivity index (χ4v) is 2.29. The average Bonchev–Trinajstić information content (AvgIpc) is 2.35. The Morgan fingerprint density at radius 2 is 1.53 bits per heavy atom. The molecule has 0 saturated heterocycles. The van der Waals surface area contributed by atoms with Crippen LogP contribution < -0.4 is 20.9 Å². The van der Waals surface area contributed by atoms with E-state index in [0.29, 0.717) is 0 Å². The molecule has 0 aliphatic rings. The van der Waals surface area contributed by atoms with Gasteiger partial charge in [-0.15, -0.1) is 0 Å². The van der Waals surface area contributed by atoms with Gasteiger partial charge in [-0.25, -0.2) is 0 Å². The number of anilines is 4. The molecule has 8 nitrogen and oxygen atoms in total. The predicted octanol–water partition coefficient (Wildman–Crippen LogP) is 0.410. The van der Waals surface area contributed by atoms with E-state index in [2.05, 4.69) is 19.4 Å². The Morgan fingerprint density at radius 3 is 2.21 bits per heavy atom. The molecule has 0 fully saturated rings. The Morgan fingerprint density at radius 1 is 0.895 bits per heavy atom. The maximum absolute atomic E-state index is 11.9. The third-order valence-electron chi connectivity index (χ3n) is 2.20. The van der Waals surface area contributed by atoms with Gasteiger partial charge in [-0.2, -0.15) is 8.42 Å². The van der Waals surface area contributed by atoms with Gasteiger partial charge in [-0.1, -0.05) is 0 Å². The van der Waals surface area contributed by atoms with Gasteiger partial charge in [0.1, 0.15) is 0 Å². The van der Waals surface area contributed by atoms with Gasteiger partial charge < -0.3 is 11.5 Å². The number of nitrogens with zero attached hydrogens (tertiary/aromatic N) is 2. The number of pyridine rings is 2. The molecule has 0 bridgehead atoms. The number of hydrogen-bond acceptors (Lipinski definition) is 6. The second kappa shape index (κ2) is 4.98. The van der Waals surface area contributed by atoms with E-state index in [1.165, 1.54) is 36.9 Å². The highest BCUT2D eigenvalue weighted by Crippen LogP contribution is 2.20. The van der Waals surface area contributed by atoms with Crippen molar-refractivity contribution < 1.29 is 8.42 Å². The molecular weight excluding hydrogens is 268 g/mol. The highest BCUT2D eigenvalue weighted by Gasteiger charge is 2.13. The zero-order chi connectivity index (χ0) is 13.9. The fourth-order valence-electron chi connectivity index (χ4n) is 1.31. The third-order valence-corrected chi connectivity index (χ3v) is 3.17. The van der Waals surface area contributed by atoms with E-state index in [1.54, 1.807) is 0 Å². The monoisotopic (exact) mass is 280 g/mol. The normalized spacial score (nSPS) is 10.9. The second-order valence-electron chi connectivity index (χ2n) is 3.63. The van der Waals surface area contributed by atoms with Crippen molar-refractivity contribution in [3.8, 4) is 0 Å². The first-order valence-corrected chi connectivity index (χ1v) is 6.66. The Bertz CT molecular complexity index is 634. The van der Waals surface area contributed by atoms with E-state index < -0.39 is 10.2 Å². The molecule has 0 saturated carbocycles. The van der Waals surface area contributed by atoms with Crippen LogP contribution in [0.2, 0.25) is 0 Å². The molecule has 19 heavy (non-hydrogen) atoms. The van der Waals surface area contributed by atoms with Gasteiger partial charge >= 0.3 is 10.2 Å². The minimum absolute atomic E-state index is 0.183. The Labute approximate surface area is 110 Å². The summed E-state index contributed by atoms with van der Waals surface area (Å²) in [7, 11) is -3.86. The van der Waals surface area contributed by atoms with Crippen molar-refractivity contribution in [1.29, 1.82) is 0 Å². The van der Waals surface area contributed by atoms with E-state index in [9.17, 15) is 8.42 Å². The number of nitrogen functional groups attached to an aromatic ring is 2. The van der Waals surface area contributed by atoms with Gasteiger partial charge in [0.05, 0.1) is 35.1 Å². The van der Waals surface area contributed by atoms with Gasteiger partial charge in [0.25, 0.3) is 0 Å². The highest BCUT2D eigenvalue weighted by molar-refractivity contribution is 7.94. The molecule has 0 amide bonds. The molecule has 0 aromatic carbocycles. The summed E-state index contributed by atoms with van der Waals surface area (Å²) in [5.74, 6) is 0. The molecule has 0 spiro atoms. The van der Waals surface area contributed by atoms with Crippen LogP contribution in [0.4, 0.5) is 22.7 Å². The van der Waals surface area contributed by atoms with Crippen molar-refractivity contribution in [2.45, 2.75) is 0 Å². The molecule has 0 atom stereocenters. The first kappa shape index (κ1) is 12.9. The van der Waals surface area contributed by atoms with Crippen molar-refractivity contribution in [2.75, 3.05) is 20.9 Å². The quantitative estimate of drug-likeness (QED) is 0.640. The zero-order valence-corrected chi connectivity index (χ0v) is 10.6. The van der Waals surface area contributed by atoms with E-state index in [4.69, 9.17) is 11.5 Å². The van der Waals surface area contributed by atoms with Gasteiger partial charge in [0.15, 0.2) is 0 Å².